The van der Waals surface area contributed by atoms with Gasteiger partial charge in [0.2, 0.25) is 0 Å². The molecule has 0 spiro atoms. The highest BCUT2D eigenvalue weighted by molar-refractivity contribution is 6.10. The van der Waals surface area contributed by atoms with Crippen LogP contribution in [0.1, 0.15) is 34.6 Å². The van der Waals surface area contributed by atoms with Crippen molar-refractivity contribution >= 4 is 23.4 Å². The number of amides is 2. The largest absolute Gasteiger partial charge is 0.465 e. The van der Waals surface area contributed by atoms with E-state index in [9.17, 15) is 18.4 Å². The van der Waals surface area contributed by atoms with Crippen LogP contribution in [0.3, 0.4) is 0 Å². The smallest absolute Gasteiger partial charge is 0.409 e. The van der Waals surface area contributed by atoms with Crippen LogP contribution in [0.2, 0.25) is 0 Å². The summed E-state index contributed by atoms with van der Waals surface area (Å²) < 4.78 is 31.0. The highest BCUT2D eigenvalue weighted by Crippen LogP contribution is 2.37. The lowest BCUT2D eigenvalue weighted by atomic mass is 10.00. The molecule has 1 aromatic heterocycles. The van der Waals surface area contributed by atoms with Gasteiger partial charge in [0.25, 0.3) is 11.8 Å². The molecule has 3 aromatic rings. The minimum absolute atomic E-state index is 0.0799. The maximum Gasteiger partial charge on any atom is 0.409 e. The second kappa shape index (κ2) is 7.25. The first-order valence-corrected chi connectivity index (χ1v) is 9.22. The highest BCUT2D eigenvalue weighted by atomic mass is 19.3. The standard InChI is InChI=1S/C21H18F2N4O3/c1-13-12-26(19(28)18-17(25-20(29)30)11-24-27(13)18)16-9-7-15(8-10-16)21(22,23)14-5-3-2-4-6-14/h2-11,13,25H,12H2,1H3,(H,29,30). The number of hydrogen-bond acceptors (Lipinski definition) is 3. The fourth-order valence-electron chi connectivity index (χ4n) is 3.56. The summed E-state index contributed by atoms with van der Waals surface area (Å²) in [6.07, 6.45) is -0.0268. The maximum absolute atomic E-state index is 14.8. The number of nitrogens with zero attached hydrogens (tertiary/aromatic N) is 3. The maximum atomic E-state index is 14.8. The van der Waals surface area contributed by atoms with Gasteiger partial charge in [-0.05, 0) is 19.1 Å². The first-order valence-electron chi connectivity index (χ1n) is 9.22. The van der Waals surface area contributed by atoms with Gasteiger partial charge in [-0.2, -0.15) is 13.9 Å². The quantitative estimate of drug-likeness (QED) is 0.668. The Morgan fingerprint density at radius 1 is 1.13 bits per heavy atom. The number of benzene rings is 2. The zero-order chi connectivity index (χ0) is 21.5. The van der Waals surface area contributed by atoms with Gasteiger partial charge in [0.05, 0.1) is 17.9 Å². The zero-order valence-corrected chi connectivity index (χ0v) is 15.9. The van der Waals surface area contributed by atoms with Crippen LogP contribution in [-0.4, -0.2) is 33.4 Å². The van der Waals surface area contributed by atoms with Crippen LogP contribution in [0.25, 0.3) is 0 Å². The number of carbonyl (C=O) groups excluding carboxylic acids is 1. The van der Waals surface area contributed by atoms with Crippen LogP contribution in [0.5, 0.6) is 0 Å². The van der Waals surface area contributed by atoms with Crippen molar-refractivity contribution in [3.05, 3.63) is 77.6 Å². The minimum atomic E-state index is -3.17. The second-order valence-electron chi connectivity index (χ2n) is 7.03. The van der Waals surface area contributed by atoms with Crippen LogP contribution < -0.4 is 10.2 Å². The first-order chi connectivity index (χ1) is 14.3. The lowest BCUT2D eigenvalue weighted by Crippen LogP contribution is -2.43. The van der Waals surface area contributed by atoms with E-state index in [-0.39, 0.29) is 35.1 Å². The predicted octanol–water partition coefficient (Wildman–Crippen LogP) is 4.33. The summed E-state index contributed by atoms with van der Waals surface area (Å²) in [4.78, 5) is 25.4. The molecule has 30 heavy (non-hydrogen) atoms. The molecule has 2 aromatic carbocycles. The number of aromatic nitrogens is 2. The Bertz CT molecular complexity index is 1100. The molecule has 1 aliphatic rings. The van der Waals surface area contributed by atoms with Gasteiger partial charge in [0, 0.05) is 23.4 Å². The molecular weight excluding hydrogens is 394 g/mol. The Labute approximate surface area is 170 Å². The summed E-state index contributed by atoms with van der Waals surface area (Å²) in [6.45, 7) is 2.10. The van der Waals surface area contributed by atoms with Crippen molar-refractivity contribution in [1.29, 1.82) is 0 Å². The molecule has 154 valence electrons. The summed E-state index contributed by atoms with van der Waals surface area (Å²) in [5.41, 5.74) is 0.321. The van der Waals surface area contributed by atoms with E-state index in [4.69, 9.17) is 5.11 Å². The Morgan fingerprint density at radius 3 is 2.40 bits per heavy atom. The highest BCUT2D eigenvalue weighted by Gasteiger charge is 2.36. The van der Waals surface area contributed by atoms with Crippen molar-refractivity contribution in [1.82, 2.24) is 9.78 Å². The molecule has 0 bridgehead atoms. The van der Waals surface area contributed by atoms with Crippen molar-refractivity contribution in [2.24, 2.45) is 0 Å². The van der Waals surface area contributed by atoms with Crippen molar-refractivity contribution in [2.75, 3.05) is 16.8 Å². The van der Waals surface area contributed by atoms with Gasteiger partial charge in [-0.1, -0.05) is 42.5 Å². The van der Waals surface area contributed by atoms with Crippen LogP contribution >= 0.6 is 0 Å². The molecule has 0 saturated heterocycles. The Kier molecular flexibility index (Phi) is 4.73. The molecule has 0 fully saturated rings. The van der Waals surface area contributed by atoms with Crippen molar-refractivity contribution in [2.45, 2.75) is 18.9 Å². The molecule has 7 nitrogen and oxygen atoms in total. The molecule has 4 rings (SSSR count). The van der Waals surface area contributed by atoms with Gasteiger partial charge >= 0.3 is 6.09 Å². The fraction of sp³-hybridized carbons (Fsp3) is 0.190. The number of carbonyl (C=O) groups is 2. The Morgan fingerprint density at radius 2 is 1.77 bits per heavy atom. The van der Waals surface area contributed by atoms with Gasteiger partial charge in [-0.25, -0.2) is 4.79 Å². The first kappa shape index (κ1) is 19.6. The van der Waals surface area contributed by atoms with E-state index in [0.29, 0.717) is 5.69 Å². The van der Waals surface area contributed by atoms with Gasteiger partial charge in [-0.3, -0.25) is 14.8 Å². The topological polar surface area (TPSA) is 87.5 Å². The normalized spacial score (nSPS) is 16.3. The SMILES string of the molecule is CC1CN(c2ccc(C(F)(F)c3ccccc3)cc2)C(=O)c2c(NC(=O)O)cnn21. The lowest BCUT2D eigenvalue weighted by molar-refractivity contribution is 0.0428. The van der Waals surface area contributed by atoms with Crippen LogP contribution in [-0.2, 0) is 5.92 Å². The monoisotopic (exact) mass is 412 g/mol. The molecule has 2 N–H and O–H groups in total. The molecule has 2 amide bonds. The summed E-state index contributed by atoms with van der Waals surface area (Å²) in [7, 11) is 0. The van der Waals surface area contributed by atoms with Crippen LogP contribution in [0.15, 0.2) is 60.8 Å². The van der Waals surface area contributed by atoms with Crippen molar-refractivity contribution in [3.8, 4) is 0 Å². The van der Waals surface area contributed by atoms with E-state index >= 15 is 0 Å². The molecule has 1 aliphatic heterocycles. The number of hydrogen-bond donors (Lipinski definition) is 2. The van der Waals surface area contributed by atoms with E-state index in [0.717, 1.165) is 0 Å². The number of rotatable bonds is 4. The molecule has 0 radical (unpaired) electrons. The van der Waals surface area contributed by atoms with Crippen LogP contribution in [0, 0.1) is 0 Å². The average molecular weight is 412 g/mol. The molecular formula is C21H18F2N4O3. The Hall–Kier alpha value is -3.75. The lowest BCUT2D eigenvalue weighted by Gasteiger charge is -2.32. The van der Waals surface area contributed by atoms with E-state index in [1.54, 1.807) is 18.2 Å². The zero-order valence-electron chi connectivity index (χ0n) is 15.9. The van der Waals surface area contributed by atoms with Crippen LogP contribution in [0.4, 0.5) is 25.0 Å². The number of halogens is 2. The third-order valence-electron chi connectivity index (χ3n) is 5.03. The summed E-state index contributed by atoms with van der Waals surface area (Å²) in [6, 6.07) is 12.8. The molecule has 0 saturated carbocycles. The van der Waals surface area contributed by atoms with Gasteiger partial charge < -0.3 is 10.0 Å². The fourth-order valence-corrected chi connectivity index (χ4v) is 3.56. The predicted molar refractivity (Wildman–Crippen MR) is 106 cm³/mol. The van der Waals surface area contributed by atoms with E-state index in [1.165, 1.54) is 52.2 Å². The van der Waals surface area contributed by atoms with E-state index in [1.807, 2.05) is 6.92 Å². The third kappa shape index (κ3) is 3.28. The molecule has 1 atom stereocenters. The van der Waals surface area contributed by atoms with E-state index < -0.39 is 17.9 Å². The van der Waals surface area contributed by atoms with E-state index in [2.05, 4.69) is 10.4 Å². The van der Waals surface area contributed by atoms with Gasteiger partial charge in [0.1, 0.15) is 0 Å². The average Bonchev–Trinajstić information content (AvgIpc) is 3.15. The molecule has 0 aliphatic carbocycles. The second-order valence-corrected chi connectivity index (χ2v) is 7.03. The van der Waals surface area contributed by atoms with Crippen molar-refractivity contribution < 1.29 is 23.5 Å². The molecule has 9 heteroatoms. The summed E-state index contributed by atoms with van der Waals surface area (Å²) in [5.74, 6) is -3.63. The number of fused-ring (bicyclic) bond motifs is 1. The summed E-state index contributed by atoms with van der Waals surface area (Å²) >= 11 is 0. The number of alkyl halides is 2. The molecule has 2 heterocycles. The number of anilines is 2. The third-order valence-corrected chi connectivity index (χ3v) is 5.03. The Balaban J connectivity index is 1.65. The molecule has 1 unspecified atom stereocenters. The van der Waals surface area contributed by atoms with Crippen molar-refractivity contribution in [3.63, 3.8) is 0 Å². The number of nitrogens with one attached hydrogen (secondary N) is 1. The number of carboxylic acid groups (broad SMARTS) is 1. The van der Waals surface area contributed by atoms with Gasteiger partial charge in [-0.15, -0.1) is 0 Å². The van der Waals surface area contributed by atoms with Gasteiger partial charge in [0.15, 0.2) is 5.69 Å². The summed E-state index contributed by atoms with van der Waals surface area (Å²) in [5, 5.41) is 15.2. The minimum Gasteiger partial charge on any atom is -0.465 e.